The Hall–Kier alpha value is -2.28. The first-order valence-electron chi connectivity index (χ1n) is 8.30. The second-order valence-electron chi connectivity index (χ2n) is 6.27. The summed E-state index contributed by atoms with van der Waals surface area (Å²) in [6.07, 6.45) is 3.73. The number of rotatable bonds is 7. The van der Waals surface area contributed by atoms with Gasteiger partial charge in [0, 0.05) is 42.7 Å². The summed E-state index contributed by atoms with van der Waals surface area (Å²) in [6.45, 7) is 5.61. The molecule has 2 N–H and O–H groups in total. The summed E-state index contributed by atoms with van der Waals surface area (Å²) in [5, 5.41) is 6.57. The minimum absolute atomic E-state index is 0.109. The molecule has 140 valence electrons. The maximum Gasteiger partial charge on any atom is 0.224 e. The number of hydrogen-bond donors (Lipinski definition) is 2. The summed E-state index contributed by atoms with van der Waals surface area (Å²) in [5.74, 6) is 1.20. The van der Waals surface area contributed by atoms with Gasteiger partial charge in [-0.25, -0.2) is 9.37 Å². The van der Waals surface area contributed by atoms with E-state index in [0.29, 0.717) is 24.1 Å². The molecule has 0 unspecified atom stereocenters. The Morgan fingerprint density at radius 1 is 1.27 bits per heavy atom. The van der Waals surface area contributed by atoms with Crippen molar-refractivity contribution in [1.29, 1.82) is 0 Å². The second-order valence-corrected chi connectivity index (χ2v) is 7.78. The average molecular weight is 377 g/mol. The lowest BCUT2D eigenvalue weighted by Gasteiger charge is -2.23. The zero-order valence-corrected chi connectivity index (χ0v) is 16.4. The van der Waals surface area contributed by atoms with Gasteiger partial charge in [0.15, 0.2) is 5.96 Å². The van der Waals surface area contributed by atoms with Crippen LogP contribution >= 0.6 is 11.8 Å². The molecule has 0 atom stereocenters. The first-order valence-corrected chi connectivity index (χ1v) is 9.53. The standard InChI is InChI=1S/C19H25FN4OS/c1-19(2,26-4)13-24-18(21-3)23-12-14-7-6-10-22-17(14)25-16-9-5-8-15(20)11-16/h5-11H,12-13H2,1-4H3,(H2,21,23,24). The van der Waals surface area contributed by atoms with Crippen molar-refractivity contribution < 1.29 is 9.13 Å². The van der Waals surface area contributed by atoms with Crippen LogP contribution in [0.5, 0.6) is 11.6 Å². The Labute approximate surface area is 158 Å². The molecule has 0 saturated heterocycles. The Morgan fingerprint density at radius 3 is 2.77 bits per heavy atom. The van der Waals surface area contributed by atoms with Gasteiger partial charge >= 0.3 is 0 Å². The molecule has 5 nitrogen and oxygen atoms in total. The van der Waals surface area contributed by atoms with Gasteiger partial charge in [0.05, 0.1) is 0 Å². The lowest BCUT2D eigenvalue weighted by Crippen LogP contribution is -2.43. The molecule has 1 aromatic heterocycles. The molecular weight excluding hydrogens is 351 g/mol. The number of hydrogen-bond acceptors (Lipinski definition) is 4. The fourth-order valence-corrected chi connectivity index (χ4v) is 2.28. The van der Waals surface area contributed by atoms with Crippen molar-refractivity contribution >= 4 is 17.7 Å². The van der Waals surface area contributed by atoms with Crippen molar-refractivity contribution in [1.82, 2.24) is 15.6 Å². The highest BCUT2D eigenvalue weighted by atomic mass is 32.2. The molecule has 1 aromatic carbocycles. The van der Waals surface area contributed by atoms with E-state index >= 15 is 0 Å². The highest BCUT2D eigenvalue weighted by Crippen LogP contribution is 2.23. The number of guanidine groups is 1. The van der Waals surface area contributed by atoms with Crippen LogP contribution in [0.2, 0.25) is 0 Å². The SMILES string of the molecule is CN=C(NCc1cccnc1Oc1cccc(F)c1)NCC(C)(C)SC. The lowest BCUT2D eigenvalue weighted by molar-refractivity contribution is 0.450. The molecule has 2 rings (SSSR count). The zero-order valence-electron chi connectivity index (χ0n) is 15.5. The molecule has 0 aliphatic carbocycles. The fraction of sp³-hybridized carbons (Fsp3) is 0.368. The Balaban J connectivity index is 2.01. The van der Waals surface area contributed by atoms with Gasteiger partial charge in [-0.15, -0.1) is 0 Å². The molecular formula is C19H25FN4OS. The lowest BCUT2D eigenvalue weighted by atomic mass is 10.2. The van der Waals surface area contributed by atoms with Gasteiger partial charge in [-0.1, -0.05) is 12.1 Å². The number of aliphatic imine (C=N–C) groups is 1. The molecule has 0 aliphatic rings. The van der Waals surface area contributed by atoms with Crippen LogP contribution in [0.4, 0.5) is 4.39 Å². The van der Waals surface area contributed by atoms with Gasteiger partial charge < -0.3 is 15.4 Å². The third-order valence-corrected chi connectivity index (χ3v) is 5.01. The maximum absolute atomic E-state index is 13.3. The summed E-state index contributed by atoms with van der Waals surface area (Å²) in [5.41, 5.74) is 0.851. The predicted molar refractivity (Wildman–Crippen MR) is 107 cm³/mol. The Kier molecular flexibility index (Phi) is 7.26. The predicted octanol–water partition coefficient (Wildman–Crippen LogP) is 3.82. The van der Waals surface area contributed by atoms with Crippen molar-refractivity contribution in [2.45, 2.75) is 25.1 Å². The third-order valence-electron chi connectivity index (χ3n) is 3.76. The Morgan fingerprint density at radius 2 is 2.08 bits per heavy atom. The number of thioether (sulfide) groups is 1. The highest BCUT2D eigenvalue weighted by Gasteiger charge is 2.16. The maximum atomic E-state index is 13.3. The molecule has 26 heavy (non-hydrogen) atoms. The highest BCUT2D eigenvalue weighted by molar-refractivity contribution is 7.99. The topological polar surface area (TPSA) is 58.5 Å². The Bertz CT molecular complexity index is 752. The quantitative estimate of drug-likeness (QED) is 0.568. The van der Waals surface area contributed by atoms with E-state index in [4.69, 9.17) is 4.74 Å². The molecule has 1 heterocycles. The van der Waals surface area contributed by atoms with Crippen LogP contribution in [0.25, 0.3) is 0 Å². The minimum atomic E-state index is -0.348. The average Bonchev–Trinajstić information content (AvgIpc) is 2.63. The normalized spacial score (nSPS) is 12.0. The van der Waals surface area contributed by atoms with Crippen molar-refractivity contribution in [3.05, 3.63) is 54.0 Å². The van der Waals surface area contributed by atoms with Crippen molar-refractivity contribution in [2.75, 3.05) is 19.8 Å². The van der Waals surface area contributed by atoms with Gasteiger partial charge in [-0.2, -0.15) is 11.8 Å². The third kappa shape index (κ3) is 6.22. The molecule has 0 aliphatic heterocycles. The smallest absolute Gasteiger partial charge is 0.224 e. The molecule has 0 spiro atoms. The summed E-state index contributed by atoms with van der Waals surface area (Å²) < 4.78 is 19.2. The molecule has 0 saturated carbocycles. The van der Waals surface area contributed by atoms with Crippen molar-refractivity contribution in [3.63, 3.8) is 0 Å². The second kappa shape index (κ2) is 9.43. The molecule has 0 fully saturated rings. The summed E-state index contributed by atoms with van der Waals surface area (Å²) in [7, 11) is 1.73. The summed E-state index contributed by atoms with van der Waals surface area (Å²) in [6, 6.07) is 9.75. The van der Waals surface area contributed by atoms with Crippen LogP contribution in [-0.4, -0.2) is 35.5 Å². The largest absolute Gasteiger partial charge is 0.439 e. The van der Waals surface area contributed by atoms with Crippen LogP contribution in [0.1, 0.15) is 19.4 Å². The van der Waals surface area contributed by atoms with E-state index in [-0.39, 0.29) is 10.6 Å². The number of nitrogens with one attached hydrogen (secondary N) is 2. The van der Waals surface area contributed by atoms with E-state index in [1.165, 1.54) is 12.1 Å². The molecule has 2 aromatic rings. The van der Waals surface area contributed by atoms with E-state index in [2.05, 4.69) is 40.7 Å². The van der Waals surface area contributed by atoms with Crippen molar-refractivity contribution in [3.8, 4) is 11.6 Å². The van der Waals surface area contributed by atoms with Gasteiger partial charge in [0.25, 0.3) is 0 Å². The van der Waals surface area contributed by atoms with Gasteiger partial charge in [0.2, 0.25) is 5.88 Å². The van der Waals surface area contributed by atoms with Crippen molar-refractivity contribution in [2.24, 2.45) is 4.99 Å². The van der Waals surface area contributed by atoms with Crippen LogP contribution < -0.4 is 15.4 Å². The fourth-order valence-electron chi connectivity index (χ4n) is 2.06. The number of benzene rings is 1. The first-order chi connectivity index (χ1) is 12.4. The number of aromatic nitrogens is 1. The summed E-state index contributed by atoms with van der Waals surface area (Å²) in [4.78, 5) is 8.50. The minimum Gasteiger partial charge on any atom is -0.439 e. The van der Waals surface area contributed by atoms with Gasteiger partial charge in [0.1, 0.15) is 11.6 Å². The molecule has 0 bridgehead atoms. The van der Waals surface area contributed by atoms with E-state index < -0.39 is 0 Å². The monoisotopic (exact) mass is 376 g/mol. The van der Waals surface area contributed by atoms with Crippen LogP contribution in [0.3, 0.4) is 0 Å². The molecule has 7 heteroatoms. The summed E-state index contributed by atoms with van der Waals surface area (Å²) >= 11 is 1.79. The molecule has 0 amide bonds. The number of nitrogens with zero attached hydrogens (tertiary/aromatic N) is 2. The zero-order chi connectivity index (χ0) is 19.0. The van der Waals surface area contributed by atoms with E-state index in [1.54, 1.807) is 37.1 Å². The van der Waals surface area contributed by atoms with Crippen LogP contribution in [-0.2, 0) is 6.54 Å². The van der Waals surface area contributed by atoms with Gasteiger partial charge in [-0.3, -0.25) is 4.99 Å². The van der Waals surface area contributed by atoms with Crippen LogP contribution in [0.15, 0.2) is 47.6 Å². The van der Waals surface area contributed by atoms with Gasteiger partial charge in [-0.05, 0) is 38.3 Å². The van der Waals surface area contributed by atoms with E-state index in [9.17, 15) is 4.39 Å². The van der Waals surface area contributed by atoms with E-state index in [1.807, 2.05) is 12.1 Å². The first kappa shape index (κ1) is 20.0. The number of ether oxygens (including phenoxy) is 1. The van der Waals surface area contributed by atoms with E-state index in [0.717, 1.165) is 12.1 Å². The molecule has 0 radical (unpaired) electrons. The number of halogens is 1. The van der Waals surface area contributed by atoms with Crippen LogP contribution in [0, 0.1) is 5.82 Å². The number of pyridine rings is 1.